The average molecular weight is 217 g/mol. The molecule has 0 saturated heterocycles. The SMILES string of the molecule is Oc1ccc2c(c1)OC(Br)O2. The number of ether oxygens (including phenoxy) is 2. The Morgan fingerprint density at radius 1 is 1.27 bits per heavy atom. The topological polar surface area (TPSA) is 38.7 Å². The largest absolute Gasteiger partial charge is 0.508 e. The molecule has 1 aromatic rings. The highest BCUT2D eigenvalue weighted by Crippen LogP contribution is 2.38. The average Bonchev–Trinajstić information content (AvgIpc) is 2.27. The highest BCUT2D eigenvalue weighted by molar-refractivity contribution is 9.09. The predicted octanol–water partition coefficient (Wildman–Crippen LogP) is 1.84. The number of hydrogen-bond donors (Lipinski definition) is 1. The van der Waals surface area contributed by atoms with Crippen molar-refractivity contribution in [1.82, 2.24) is 0 Å². The summed E-state index contributed by atoms with van der Waals surface area (Å²) in [5.74, 6) is 1.38. The number of hydrogen-bond acceptors (Lipinski definition) is 3. The second-order valence-electron chi connectivity index (χ2n) is 2.14. The molecule has 0 amide bonds. The van der Waals surface area contributed by atoms with Crippen LogP contribution in [0.4, 0.5) is 0 Å². The van der Waals surface area contributed by atoms with E-state index in [1.54, 1.807) is 12.1 Å². The lowest BCUT2D eigenvalue weighted by molar-refractivity contribution is 0.143. The molecule has 0 saturated carbocycles. The number of benzene rings is 1. The first-order valence-electron chi connectivity index (χ1n) is 3.06. The van der Waals surface area contributed by atoms with Crippen LogP contribution >= 0.6 is 15.9 Å². The van der Waals surface area contributed by atoms with E-state index in [1.807, 2.05) is 0 Å². The van der Waals surface area contributed by atoms with Crippen LogP contribution in [0.2, 0.25) is 0 Å². The zero-order valence-electron chi connectivity index (χ0n) is 5.45. The van der Waals surface area contributed by atoms with Crippen molar-refractivity contribution in [3.63, 3.8) is 0 Å². The minimum absolute atomic E-state index is 0.175. The Hall–Kier alpha value is -0.900. The Morgan fingerprint density at radius 3 is 2.82 bits per heavy atom. The summed E-state index contributed by atoms with van der Waals surface area (Å²) in [6.07, 6.45) is 0. The van der Waals surface area contributed by atoms with Gasteiger partial charge in [-0.15, -0.1) is 0 Å². The van der Waals surface area contributed by atoms with Crippen LogP contribution in [0.5, 0.6) is 17.2 Å². The Kier molecular flexibility index (Phi) is 1.42. The zero-order valence-corrected chi connectivity index (χ0v) is 7.04. The zero-order chi connectivity index (χ0) is 7.84. The van der Waals surface area contributed by atoms with Gasteiger partial charge in [0, 0.05) is 22.0 Å². The molecule has 4 heteroatoms. The van der Waals surface area contributed by atoms with Crippen LogP contribution in [0.15, 0.2) is 18.2 Å². The number of fused-ring (bicyclic) bond motifs is 1. The van der Waals surface area contributed by atoms with Gasteiger partial charge in [-0.25, -0.2) is 0 Å². The van der Waals surface area contributed by atoms with E-state index >= 15 is 0 Å². The van der Waals surface area contributed by atoms with Crippen molar-refractivity contribution in [3.8, 4) is 17.2 Å². The number of phenolic OH excluding ortho intramolecular Hbond substituents is 1. The van der Waals surface area contributed by atoms with Crippen molar-refractivity contribution in [2.45, 2.75) is 5.20 Å². The Morgan fingerprint density at radius 2 is 2.00 bits per heavy atom. The monoisotopic (exact) mass is 216 g/mol. The van der Waals surface area contributed by atoms with Crippen LogP contribution in [-0.4, -0.2) is 10.3 Å². The third-order valence-electron chi connectivity index (χ3n) is 1.37. The molecule has 0 bridgehead atoms. The lowest BCUT2D eigenvalue weighted by atomic mass is 10.3. The highest BCUT2D eigenvalue weighted by Gasteiger charge is 2.20. The molecular formula is C7H5BrO3. The van der Waals surface area contributed by atoms with Gasteiger partial charge in [-0.05, 0) is 12.1 Å². The van der Waals surface area contributed by atoms with Crippen molar-refractivity contribution in [3.05, 3.63) is 18.2 Å². The molecular weight excluding hydrogens is 212 g/mol. The first-order valence-corrected chi connectivity index (χ1v) is 3.98. The maximum absolute atomic E-state index is 9.03. The first-order chi connectivity index (χ1) is 5.25. The molecule has 0 aliphatic carbocycles. The summed E-state index contributed by atoms with van der Waals surface area (Å²) in [6, 6.07) is 4.72. The minimum atomic E-state index is -0.431. The van der Waals surface area contributed by atoms with Crippen molar-refractivity contribution in [1.29, 1.82) is 0 Å². The van der Waals surface area contributed by atoms with Crippen LogP contribution in [0.3, 0.4) is 0 Å². The molecule has 58 valence electrons. The van der Waals surface area contributed by atoms with Gasteiger partial charge in [0.05, 0.1) is 0 Å². The Labute approximate surface area is 71.7 Å². The molecule has 1 N–H and O–H groups in total. The second kappa shape index (κ2) is 2.30. The summed E-state index contributed by atoms with van der Waals surface area (Å²) >= 11 is 3.12. The van der Waals surface area contributed by atoms with E-state index in [2.05, 4.69) is 15.9 Å². The van der Waals surface area contributed by atoms with Gasteiger partial charge in [-0.1, -0.05) is 0 Å². The standard InChI is InChI=1S/C7H5BrO3/c8-7-10-5-2-1-4(9)3-6(5)11-7/h1-3,7,9H. The number of alkyl halides is 1. The molecule has 0 spiro atoms. The van der Waals surface area contributed by atoms with Crippen molar-refractivity contribution >= 4 is 15.9 Å². The molecule has 2 rings (SSSR count). The molecule has 1 heterocycles. The van der Waals surface area contributed by atoms with Gasteiger partial charge < -0.3 is 14.6 Å². The smallest absolute Gasteiger partial charge is 0.298 e. The van der Waals surface area contributed by atoms with E-state index in [0.29, 0.717) is 11.5 Å². The Bertz CT molecular complexity index is 287. The van der Waals surface area contributed by atoms with Crippen molar-refractivity contribution < 1.29 is 14.6 Å². The van der Waals surface area contributed by atoms with Crippen LogP contribution in [0.25, 0.3) is 0 Å². The molecule has 1 unspecified atom stereocenters. The maximum atomic E-state index is 9.03. The molecule has 1 aromatic carbocycles. The third-order valence-corrected chi connectivity index (χ3v) is 1.74. The van der Waals surface area contributed by atoms with Crippen LogP contribution in [-0.2, 0) is 0 Å². The van der Waals surface area contributed by atoms with E-state index in [9.17, 15) is 0 Å². The van der Waals surface area contributed by atoms with Gasteiger partial charge >= 0.3 is 0 Å². The second-order valence-corrected chi connectivity index (χ2v) is 2.89. The van der Waals surface area contributed by atoms with Gasteiger partial charge in [0.15, 0.2) is 11.5 Å². The van der Waals surface area contributed by atoms with Gasteiger partial charge in [-0.2, -0.15) is 0 Å². The molecule has 0 aromatic heterocycles. The Balaban J connectivity index is 2.43. The van der Waals surface area contributed by atoms with E-state index < -0.39 is 5.20 Å². The third kappa shape index (κ3) is 1.14. The summed E-state index contributed by atoms with van der Waals surface area (Å²) in [4.78, 5) is 0. The van der Waals surface area contributed by atoms with Crippen molar-refractivity contribution in [2.75, 3.05) is 0 Å². The normalized spacial score (nSPS) is 20.3. The van der Waals surface area contributed by atoms with Crippen molar-refractivity contribution in [2.24, 2.45) is 0 Å². The molecule has 1 aliphatic rings. The summed E-state index contributed by atoms with van der Waals surface area (Å²) < 4.78 is 10.3. The fourth-order valence-electron chi connectivity index (χ4n) is 0.910. The lowest BCUT2D eigenvalue weighted by Gasteiger charge is -1.97. The summed E-state index contributed by atoms with van der Waals surface area (Å²) in [7, 11) is 0. The predicted molar refractivity (Wildman–Crippen MR) is 42.1 cm³/mol. The van der Waals surface area contributed by atoms with E-state index in [4.69, 9.17) is 14.6 Å². The summed E-state index contributed by atoms with van der Waals surface area (Å²) in [6.45, 7) is 0. The number of rotatable bonds is 0. The molecule has 11 heavy (non-hydrogen) atoms. The maximum Gasteiger partial charge on any atom is 0.298 e. The van der Waals surface area contributed by atoms with Gasteiger partial charge in [0.1, 0.15) is 5.75 Å². The summed E-state index contributed by atoms with van der Waals surface area (Å²) in [5, 5.41) is 8.60. The molecule has 3 nitrogen and oxygen atoms in total. The first kappa shape index (κ1) is 6.79. The molecule has 1 atom stereocenters. The van der Waals surface area contributed by atoms with Gasteiger partial charge in [0.2, 0.25) is 0 Å². The lowest BCUT2D eigenvalue weighted by Crippen LogP contribution is -2.06. The fourth-order valence-corrected chi connectivity index (χ4v) is 1.31. The quantitative estimate of drug-likeness (QED) is 0.674. The number of halogens is 1. The fraction of sp³-hybridized carbons (Fsp3) is 0.143. The highest BCUT2D eigenvalue weighted by atomic mass is 79.9. The van der Waals surface area contributed by atoms with Crippen LogP contribution in [0.1, 0.15) is 0 Å². The van der Waals surface area contributed by atoms with E-state index in [-0.39, 0.29) is 5.75 Å². The number of phenols is 1. The minimum Gasteiger partial charge on any atom is -0.508 e. The van der Waals surface area contributed by atoms with Crippen LogP contribution < -0.4 is 9.47 Å². The van der Waals surface area contributed by atoms with Gasteiger partial charge in [-0.3, -0.25) is 0 Å². The van der Waals surface area contributed by atoms with Gasteiger partial charge in [0.25, 0.3) is 5.20 Å². The summed E-state index contributed by atoms with van der Waals surface area (Å²) in [5.41, 5.74) is 0. The van der Waals surface area contributed by atoms with E-state index in [1.165, 1.54) is 6.07 Å². The van der Waals surface area contributed by atoms with E-state index in [0.717, 1.165) is 0 Å². The molecule has 0 radical (unpaired) electrons. The molecule has 1 aliphatic heterocycles. The molecule has 0 fully saturated rings. The van der Waals surface area contributed by atoms with Crippen LogP contribution in [0, 0.1) is 0 Å². The number of aromatic hydroxyl groups is 1.